The van der Waals surface area contributed by atoms with E-state index in [1.807, 2.05) is 6.92 Å². The number of nitrogens with zero attached hydrogens (tertiary/aromatic N) is 1. The van der Waals surface area contributed by atoms with Gasteiger partial charge in [0.05, 0.1) is 11.7 Å². The second-order valence-electron chi connectivity index (χ2n) is 9.13. The van der Waals surface area contributed by atoms with Crippen molar-refractivity contribution in [1.29, 1.82) is 0 Å². The highest BCUT2D eigenvalue weighted by Gasteiger charge is 2.63. The van der Waals surface area contributed by atoms with Crippen LogP contribution in [-0.4, -0.2) is 37.4 Å². The van der Waals surface area contributed by atoms with E-state index in [0.717, 1.165) is 44.2 Å². The Morgan fingerprint density at radius 3 is 2.50 bits per heavy atom. The van der Waals surface area contributed by atoms with Crippen molar-refractivity contribution in [2.45, 2.75) is 69.8 Å². The molecule has 1 aromatic carbocycles. The van der Waals surface area contributed by atoms with E-state index in [-0.39, 0.29) is 23.4 Å². The van der Waals surface area contributed by atoms with Crippen LogP contribution in [0, 0.1) is 11.6 Å². The molecule has 1 aromatic heterocycles. The molecule has 0 aliphatic carbocycles. The molecule has 0 amide bonds. The molecule has 1 saturated heterocycles. The first-order chi connectivity index (χ1) is 17.8. The molecule has 0 bridgehead atoms. The van der Waals surface area contributed by atoms with Crippen LogP contribution in [0.5, 0.6) is 5.75 Å². The average Bonchev–Trinajstić information content (AvgIpc) is 2.80. The molecular weight excluding hydrogens is 542 g/mol. The third-order valence-electron chi connectivity index (χ3n) is 6.00. The molecule has 0 radical (unpaired) electrons. The highest BCUT2D eigenvalue weighted by molar-refractivity contribution is 7.78. The minimum atomic E-state index is -5.18. The van der Waals surface area contributed by atoms with Crippen molar-refractivity contribution in [1.82, 2.24) is 4.98 Å². The van der Waals surface area contributed by atoms with Crippen LogP contribution in [0.2, 0.25) is 0 Å². The molecule has 1 fully saturated rings. The summed E-state index contributed by atoms with van der Waals surface area (Å²) in [4.78, 5) is 25.3. The van der Waals surface area contributed by atoms with Crippen LogP contribution >= 0.6 is 14.9 Å². The molecule has 9 nitrogen and oxygen atoms in total. The Labute approximate surface area is 220 Å². The molecule has 0 spiro atoms. The van der Waals surface area contributed by atoms with Gasteiger partial charge in [0.2, 0.25) is 11.4 Å². The molecule has 5 atom stereocenters. The number of halogens is 2. The number of rotatable bonds is 12. The summed E-state index contributed by atoms with van der Waals surface area (Å²) < 4.78 is 64.1. The van der Waals surface area contributed by atoms with Crippen molar-refractivity contribution in [2.75, 3.05) is 0 Å². The fourth-order valence-corrected chi connectivity index (χ4v) is 7.87. The summed E-state index contributed by atoms with van der Waals surface area (Å²) in [5.74, 6) is -2.97. The van der Waals surface area contributed by atoms with Gasteiger partial charge in [-0.25, -0.2) is 8.78 Å². The molecule has 1 aliphatic rings. The quantitative estimate of drug-likeness (QED) is 0.159. The van der Waals surface area contributed by atoms with Crippen LogP contribution in [0.15, 0.2) is 49.2 Å². The Hall–Kier alpha value is -2.10. The number of aliphatic hydroxyl groups is 1. The van der Waals surface area contributed by atoms with Crippen LogP contribution in [-0.2, 0) is 24.8 Å². The van der Waals surface area contributed by atoms with Gasteiger partial charge in [0, 0.05) is 30.9 Å². The molecule has 1 aliphatic heterocycles. The van der Waals surface area contributed by atoms with Crippen molar-refractivity contribution in [3.8, 4) is 5.75 Å². The van der Waals surface area contributed by atoms with Crippen LogP contribution in [0.1, 0.15) is 63.4 Å². The van der Waals surface area contributed by atoms with Gasteiger partial charge in [-0.2, -0.15) is 0 Å². The first kappa shape index (κ1) is 30.4. The Morgan fingerprint density at radius 1 is 1.24 bits per heavy atom. The maximum absolute atomic E-state index is 15.0. The molecule has 3 rings (SSSR count). The van der Waals surface area contributed by atoms with Gasteiger partial charge < -0.3 is 24.4 Å². The normalized spacial score (nSPS) is 28.0. The third-order valence-corrected chi connectivity index (χ3v) is 11.1. The van der Waals surface area contributed by atoms with Crippen LogP contribution in [0.4, 0.5) is 8.78 Å². The lowest BCUT2D eigenvalue weighted by Crippen LogP contribution is -2.38. The van der Waals surface area contributed by atoms with Gasteiger partial charge in [-0.15, -0.1) is 0 Å². The summed E-state index contributed by atoms with van der Waals surface area (Å²) in [5.41, 5.74) is -0.637. The Balaban J connectivity index is 1.75. The van der Waals surface area contributed by atoms with Gasteiger partial charge in [-0.05, 0) is 44.3 Å². The topological polar surface area (TPSA) is 128 Å². The largest absolute Gasteiger partial charge is 0.463 e. The zero-order valence-electron chi connectivity index (χ0n) is 21.3. The molecule has 210 valence electrons. The van der Waals surface area contributed by atoms with E-state index >= 15 is 8.78 Å². The van der Waals surface area contributed by atoms with Crippen molar-refractivity contribution < 1.29 is 46.8 Å². The summed E-state index contributed by atoms with van der Waals surface area (Å²) in [5, 5.41) is 8.13. The Bertz CT molecular complexity index is 1180. The lowest BCUT2D eigenvalue weighted by Gasteiger charge is -2.45. The van der Waals surface area contributed by atoms with Crippen LogP contribution < -0.4 is 4.74 Å². The fourth-order valence-electron chi connectivity index (χ4n) is 3.92. The fraction of sp³-hybridized carbons (Fsp3) is 0.440. The summed E-state index contributed by atoms with van der Waals surface area (Å²) in [6, 6.07) is 4.56. The predicted octanol–water partition coefficient (Wildman–Crippen LogP) is 5.98. The summed E-state index contributed by atoms with van der Waals surface area (Å²) in [7, 11) is -9.61. The molecular formula is C25H33F2NO8P2. The number of benzene rings is 1. The van der Waals surface area contributed by atoms with E-state index in [0.29, 0.717) is 0 Å². The SMILES string of the molecule is C=C(Oc1cc(F)c(C2OP(=C)(O)C(O)(Cc3cccnc3)P(=O)(O)O2)c(F)c1)OC(C)CCCCCC. The van der Waals surface area contributed by atoms with Gasteiger partial charge in [0.1, 0.15) is 17.4 Å². The minimum absolute atomic E-state index is 0.164. The van der Waals surface area contributed by atoms with Gasteiger partial charge in [-0.3, -0.25) is 18.6 Å². The molecule has 2 heterocycles. The summed E-state index contributed by atoms with van der Waals surface area (Å²) in [6.07, 6.45) is 8.12. The van der Waals surface area contributed by atoms with E-state index in [1.54, 1.807) is 0 Å². The monoisotopic (exact) mass is 575 g/mol. The van der Waals surface area contributed by atoms with E-state index in [4.69, 9.17) is 18.5 Å². The standard InChI is InChI=1S/C25H33F2NO8P2/c1-5-6-7-8-10-17(2)33-18(3)34-20-13-21(26)23(22(27)14-20)24-35-37(4,30)25(29,38(31,32)36-24)15-19-11-9-12-28-16-19/h9,11-14,16-17,24,29-30H,3-8,10,15H2,1-2H3,(H,31,32). The molecule has 3 N–H and O–H groups in total. The highest BCUT2D eigenvalue weighted by atomic mass is 31.2. The first-order valence-corrected chi connectivity index (χ1v) is 15.5. The zero-order valence-corrected chi connectivity index (χ0v) is 23.0. The number of aromatic nitrogens is 1. The predicted molar refractivity (Wildman–Crippen MR) is 139 cm³/mol. The van der Waals surface area contributed by atoms with Crippen molar-refractivity contribution >= 4 is 21.2 Å². The van der Waals surface area contributed by atoms with E-state index in [1.165, 1.54) is 24.5 Å². The van der Waals surface area contributed by atoms with Gasteiger partial charge >= 0.3 is 7.60 Å². The zero-order chi connectivity index (χ0) is 28.1. The molecule has 13 heteroatoms. The second-order valence-corrected chi connectivity index (χ2v) is 13.8. The second kappa shape index (κ2) is 12.4. The molecule has 0 saturated carbocycles. The molecule has 2 aromatic rings. The third kappa shape index (κ3) is 6.90. The van der Waals surface area contributed by atoms with Crippen molar-refractivity contribution in [3.05, 3.63) is 71.9 Å². The molecule has 5 unspecified atom stereocenters. The van der Waals surface area contributed by atoms with Crippen LogP contribution in [0.3, 0.4) is 0 Å². The van der Waals surface area contributed by atoms with Crippen LogP contribution in [0.25, 0.3) is 0 Å². The summed E-state index contributed by atoms with van der Waals surface area (Å²) >= 11 is 0. The number of hydrogen-bond acceptors (Lipinski definition) is 8. The van der Waals surface area contributed by atoms with Gasteiger partial charge in [-0.1, -0.05) is 32.3 Å². The number of pyridine rings is 1. The van der Waals surface area contributed by atoms with Gasteiger partial charge in [0.25, 0.3) is 5.95 Å². The maximum Gasteiger partial charge on any atom is 0.371 e. The lowest BCUT2D eigenvalue weighted by atomic mass is 10.1. The van der Waals surface area contributed by atoms with Gasteiger partial charge in [0.15, 0.2) is 7.34 Å². The lowest BCUT2D eigenvalue weighted by molar-refractivity contribution is -0.0511. The smallest absolute Gasteiger partial charge is 0.371 e. The number of hydrogen-bond donors (Lipinski definition) is 3. The Kier molecular flexibility index (Phi) is 9.92. The number of unbranched alkanes of at least 4 members (excludes halogenated alkanes) is 3. The Morgan fingerprint density at radius 2 is 1.92 bits per heavy atom. The number of ether oxygens (including phenoxy) is 2. The van der Waals surface area contributed by atoms with Crippen molar-refractivity contribution in [3.63, 3.8) is 0 Å². The van der Waals surface area contributed by atoms with E-state index < -0.39 is 49.9 Å². The van der Waals surface area contributed by atoms with Crippen molar-refractivity contribution in [2.24, 2.45) is 0 Å². The summed E-state index contributed by atoms with van der Waals surface area (Å²) in [6.45, 7) is 7.55. The van der Waals surface area contributed by atoms with E-state index in [9.17, 15) is 19.5 Å². The highest BCUT2D eigenvalue weighted by Crippen LogP contribution is 2.79. The maximum atomic E-state index is 15.0. The molecule has 38 heavy (non-hydrogen) atoms. The first-order valence-electron chi connectivity index (χ1n) is 12.1. The average molecular weight is 575 g/mol. The minimum Gasteiger partial charge on any atom is -0.463 e. The van der Waals surface area contributed by atoms with E-state index in [2.05, 4.69) is 24.8 Å².